The molecule has 0 atom stereocenters. The number of ketones is 1. The van der Waals surface area contributed by atoms with Gasteiger partial charge in [-0.25, -0.2) is 9.59 Å². The topological polar surface area (TPSA) is 89.9 Å². The van der Waals surface area contributed by atoms with Crippen LogP contribution < -0.4 is 0 Å². The second-order valence-electron chi connectivity index (χ2n) is 4.77. The summed E-state index contributed by atoms with van der Waals surface area (Å²) >= 11 is 0. The van der Waals surface area contributed by atoms with Crippen molar-refractivity contribution in [3.05, 3.63) is 35.4 Å². The molecule has 0 aliphatic carbocycles. The summed E-state index contributed by atoms with van der Waals surface area (Å²) in [5, 5.41) is 10.3. The van der Waals surface area contributed by atoms with E-state index in [1.165, 1.54) is 13.8 Å². The van der Waals surface area contributed by atoms with Crippen molar-refractivity contribution in [2.24, 2.45) is 0 Å². The third-order valence-corrected chi connectivity index (χ3v) is 3.02. The molecule has 0 aromatic heterocycles. The number of hydrogen-bond acceptors (Lipinski definition) is 6. The predicted octanol–water partition coefficient (Wildman–Crippen LogP) is 1.43. The lowest BCUT2D eigenvalue weighted by Crippen LogP contribution is -2.50. The minimum atomic E-state index is -2.63. The maximum Gasteiger partial charge on any atom is 0.350 e. The first-order valence-corrected chi connectivity index (χ1v) is 7.01. The summed E-state index contributed by atoms with van der Waals surface area (Å²) in [6.07, 6.45) is -0.728. The number of aryl methyl sites for hydroxylation is 1. The maximum absolute atomic E-state index is 12.2. The van der Waals surface area contributed by atoms with E-state index >= 15 is 0 Å². The first kappa shape index (κ1) is 17.8. The van der Waals surface area contributed by atoms with Crippen molar-refractivity contribution >= 4 is 17.7 Å². The van der Waals surface area contributed by atoms with Crippen molar-refractivity contribution in [2.45, 2.75) is 32.8 Å². The van der Waals surface area contributed by atoms with Crippen LogP contribution in [0.4, 0.5) is 0 Å². The van der Waals surface area contributed by atoms with Gasteiger partial charge >= 0.3 is 11.9 Å². The van der Waals surface area contributed by atoms with Crippen molar-refractivity contribution in [3.8, 4) is 0 Å². The van der Waals surface area contributed by atoms with Gasteiger partial charge in [-0.2, -0.15) is 0 Å². The molecule has 1 N–H and O–H groups in total. The van der Waals surface area contributed by atoms with Crippen molar-refractivity contribution < 1.29 is 29.0 Å². The van der Waals surface area contributed by atoms with Gasteiger partial charge < -0.3 is 14.6 Å². The molecule has 0 fully saturated rings. The van der Waals surface area contributed by atoms with Crippen LogP contribution in [0, 0.1) is 6.92 Å². The number of rotatable bonds is 7. The van der Waals surface area contributed by atoms with Gasteiger partial charge in [0.2, 0.25) is 0 Å². The van der Waals surface area contributed by atoms with Crippen LogP contribution in [0.15, 0.2) is 24.3 Å². The number of esters is 2. The molecule has 0 unspecified atom stereocenters. The van der Waals surface area contributed by atoms with E-state index in [9.17, 15) is 19.5 Å². The monoisotopic (exact) mass is 308 g/mol. The lowest BCUT2D eigenvalue weighted by atomic mass is 9.93. The molecular weight excluding hydrogens is 288 g/mol. The zero-order chi connectivity index (χ0) is 16.8. The third kappa shape index (κ3) is 4.14. The number of Topliss-reactive ketones (excluding diaryl/α,β-unsaturated/α-hetero) is 1. The van der Waals surface area contributed by atoms with Crippen LogP contribution in [-0.2, 0) is 19.1 Å². The van der Waals surface area contributed by atoms with Gasteiger partial charge in [0.25, 0.3) is 5.60 Å². The summed E-state index contributed by atoms with van der Waals surface area (Å²) in [6.45, 7) is 4.87. The molecule has 0 spiro atoms. The summed E-state index contributed by atoms with van der Waals surface area (Å²) < 4.78 is 9.38. The Morgan fingerprint density at radius 2 is 1.45 bits per heavy atom. The van der Waals surface area contributed by atoms with Crippen LogP contribution in [-0.4, -0.2) is 41.6 Å². The Morgan fingerprint density at radius 3 is 1.86 bits per heavy atom. The Labute approximate surface area is 129 Å². The van der Waals surface area contributed by atoms with E-state index in [1.807, 2.05) is 6.92 Å². The molecule has 1 aromatic carbocycles. The van der Waals surface area contributed by atoms with E-state index in [2.05, 4.69) is 9.47 Å². The molecule has 0 saturated carbocycles. The molecule has 0 heterocycles. The van der Waals surface area contributed by atoms with E-state index < -0.39 is 29.7 Å². The molecule has 0 aliphatic heterocycles. The largest absolute Gasteiger partial charge is 0.463 e. The van der Waals surface area contributed by atoms with Crippen LogP contribution in [0.2, 0.25) is 0 Å². The summed E-state index contributed by atoms with van der Waals surface area (Å²) in [6, 6.07) is 6.57. The Balaban J connectivity index is 3.01. The molecule has 22 heavy (non-hydrogen) atoms. The molecule has 1 rings (SSSR count). The normalized spacial score (nSPS) is 10.9. The van der Waals surface area contributed by atoms with Crippen molar-refractivity contribution in [1.82, 2.24) is 0 Å². The molecule has 6 heteroatoms. The van der Waals surface area contributed by atoms with Gasteiger partial charge in [-0.1, -0.05) is 29.8 Å². The molecule has 0 radical (unpaired) electrons. The second kappa shape index (κ2) is 7.70. The zero-order valence-corrected chi connectivity index (χ0v) is 12.9. The quantitative estimate of drug-likeness (QED) is 0.465. The zero-order valence-electron chi connectivity index (χ0n) is 12.9. The van der Waals surface area contributed by atoms with Crippen molar-refractivity contribution in [2.75, 3.05) is 13.2 Å². The first-order valence-electron chi connectivity index (χ1n) is 7.01. The van der Waals surface area contributed by atoms with E-state index in [1.54, 1.807) is 24.3 Å². The highest BCUT2D eigenvalue weighted by Gasteiger charge is 2.49. The van der Waals surface area contributed by atoms with Gasteiger partial charge in [0.05, 0.1) is 19.6 Å². The maximum atomic E-state index is 12.2. The van der Waals surface area contributed by atoms with E-state index in [0.29, 0.717) is 0 Å². The smallest absolute Gasteiger partial charge is 0.350 e. The van der Waals surface area contributed by atoms with Crippen molar-refractivity contribution in [1.29, 1.82) is 0 Å². The first-order chi connectivity index (χ1) is 10.3. The van der Waals surface area contributed by atoms with Gasteiger partial charge in [-0.05, 0) is 20.8 Å². The molecule has 120 valence electrons. The fourth-order valence-corrected chi connectivity index (χ4v) is 1.80. The Morgan fingerprint density at radius 1 is 1.00 bits per heavy atom. The predicted molar refractivity (Wildman–Crippen MR) is 78.3 cm³/mol. The average molecular weight is 308 g/mol. The number of aliphatic hydroxyl groups is 1. The van der Waals surface area contributed by atoms with Crippen LogP contribution in [0.3, 0.4) is 0 Å². The molecule has 0 amide bonds. The van der Waals surface area contributed by atoms with E-state index in [4.69, 9.17) is 0 Å². The summed E-state index contributed by atoms with van der Waals surface area (Å²) in [5.41, 5.74) is -1.38. The fourth-order valence-electron chi connectivity index (χ4n) is 1.80. The summed E-state index contributed by atoms with van der Waals surface area (Å²) in [7, 11) is 0. The lowest BCUT2D eigenvalue weighted by molar-refractivity contribution is -0.182. The van der Waals surface area contributed by atoms with Gasteiger partial charge in [0.1, 0.15) is 0 Å². The fraction of sp³-hybridized carbons (Fsp3) is 0.438. The van der Waals surface area contributed by atoms with Crippen LogP contribution in [0.25, 0.3) is 0 Å². The second-order valence-corrected chi connectivity index (χ2v) is 4.77. The number of ether oxygens (including phenoxy) is 2. The summed E-state index contributed by atoms with van der Waals surface area (Å²) in [5.74, 6) is -2.92. The highest BCUT2D eigenvalue weighted by atomic mass is 16.6. The molecule has 1 aromatic rings. The minimum Gasteiger partial charge on any atom is -0.463 e. The third-order valence-electron chi connectivity index (χ3n) is 3.02. The average Bonchev–Trinajstić information content (AvgIpc) is 2.48. The molecular formula is C16H20O6. The highest BCUT2D eigenvalue weighted by molar-refractivity contribution is 6.10. The van der Waals surface area contributed by atoms with E-state index in [-0.39, 0.29) is 18.8 Å². The van der Waals surface area contributed by atoms with Crippen molar-refractivity contribution in [3.63, 3.8) is 0 Å². The highest BCUT2D eigenvalue weighted by Crippen LogP contribution is 2.19. The summed E-state index contributed by atoms with van der Waals surface area (Å²) in [4.78, 5) is 36.0. The lowest BCUT2D eigenvalue weighted by Gasteiger charge is -2.22. The minimum absolute atomic E-state index is 0.0285. The van der Waals surface area contributed by atoms with Crippen LogP contribution in [0.5, 0.6) is 0 Å². The molecule has 0 aliphatic rings. The van der Waals surface area contributed by atoms with Gasteiger partial charge in [0, 0.05) is 5.56 Å². The number of hydrogen-bond donors (Lipinski definition) is 1. The van der Waals surface area contributed by atoms with E-state index in [0.717, 1.165) is 5.56 Å². The number of benzene rings is 1. The Bertz CT molecular complexity index is 528. The van der Waals surface area contributed by atoms with Gasteiger partial charge in [-0.15, -0.1) is 0 Å². The number of carbonyl (C=O) groups is 3. The molecule has 0 saturated heterocycles. The Kier molecular flexibility index (Phi) is 6.24. The van der Waals surface area contributed by atoms with Gasteiger partial charge in [-0.3, -0.25) is 4.79 Å². The molecule has 6 nitrogen and oxygen atoms in total. The molecule has 0 bridgehead atoms. The SMILES string of the molecule is CCOC(=O)C(O)(CC(=O)c1ccc(C)cc1)C(=O)OCC. The number of carbonyl (C=O) groups excluding carboxylic acids is 3. The Hall–Kier alpha value is -2.21. The standard InChI is InChI=1S/C16H20O6/c1-4-21-14(18)16(20,15(19)22-5-2)10-13(17)12-8-6-11(3)7-9-12/h6-9,20H,4-5,10H2,1-3H3. The van der Waals surface area contributed by atoms with Crippen LogP contribution >= 0.6 is 0 Å². The van der Waals surface area contributed by atoms with Gasteiger partial charge in [0.15, 0.2) is 5.78 Å². The van der Waals surface area contributed by atoms with Crippen LogP contribution in [0.1, 0.15) is 36.2 Å².